The molecule has 2 aromatic rings. The van der Waals surface area contributed by atoms with Crippen LogP contribution in [0.1, 0.15) is 30.4 Å². The third-order valence-electron chi connectivity index (χ3n) is 4.66. The van der Waals surface area contributed by atoms with Gasteiger partial charge in [0.05, 0.1) is 19.0 Å². The number of hydrogen-bond acceptors (Lipinski definition) is 8. The Bertz CT molecular complexity index is 1010. The molecule has 0 spiro atoms. The average Bonchev–Trinajstić information content (AvgIpc) is 2.73. The molecule has 0 aromatic carbocycles. The Morgan fingerprint density at radius 3 is 2.26 bits per heavy atom. The SMILES string of the molecule is Clc1ncc(OC[C@@H]2CCN2)cc1/C=C/c1ccncc1.O=C(O)CC(O)(CC(=O)O)C(=O)O. The topological polar surface area (TPSA) is 179 Å². The van der Waals surface area contributed by atoms with Crippen LogP contribution < -0.4 is 10.1 Å². The van der Waals surface area contributed by atoms with Gasteiger partial charge in [-0.15, -0.1) is 0 Å². The van der Waals surface area contributed by atoms with Crippen LogP contribution in [0.3, 0.4) is 0 Å². The zero-order chi connectivity index (χ0) is 25.1. The molecule has 0 radical (unpaired) electrons. The molecule has 182 valence electrons. The first kappa shape index (κ1) is 26.7. The molecule has 0 saturated carbocycles. The summed E-state index contributed by atoms with van der Waals surface area (Å²) in [5.74, 6) is -4.28. The van der Waals surface area contributed by atoms with Crippen molar-refractivity contribution in [1.29, 1.82) is 0 Å². The third kappa shape index (κ3) is 8.77. The number of nitrogens with zero attached hydrogens (tertiary/aromatic N) is 2. The van der Waals surface area contributed by atoms with Gasteiger partial charge >= 0.3 is 17.9 Å². The predicted octanol–water partition coefficient (Wildman–Crippen LogP) is 1.79. The van der Waals surface area contributed by atoms with E-state index in [4.69, 9.17) is 36.8 Å². The minimum absolute atomic E-state index is 0.455. The summed E-state index contributed by atoms with van der Waals surface area (Å²) in [5.41, 5.74) is -0.837. The Kier molecular flexibility index (Phi) is 9.92. The van der Waals surface area contributed by atoms with Gasteiger partial charge in [0, 0.05) is 24.0 Å². The van der Waals surface area contributed by atoms with Crippen molar-refractivity contribution in [3.05, 3.63) is 53.1 Å². The quantitative estimate of drug-likeness (QED) is 0.304. The van der Waals surface area contributed by atoms with Crippen molar-refractivity contribution in [2.45, 2.75) is 30.9 Å². The van der Waals surface area contributed by atoms with Gasteiger partial charge in [-0.05, 0) is 36.7 Å². The van der Waals surface area contributed by atoms with Crippen molar-refractivity contribution in [3.63, 3.8) is 0 Å². The van der Waals surface area contributed by atoms with E-state index in [-0.39, 0.29) is 0 Å². The van der Waals surface area contributed by atoms with Gasteiger partial charge in [0.15, 0.2) is 5.60 Å². The van der Waals surface area contributed by atoms with Crippen molar-refractivity contribution in [1.82, 2.24) is 15.3 Å². The van der Waals surface area contributed by atoms with E-state index in [0.717, 1.165) is 29.8 Å². The lowest BCUT2D eigenvalue weighted by atomic mass is 9.96. The fourth-order valence-corrected chi connectivity index (χ4v) is 2.87. The number of rotatable bonds is 10. The molecule has 2 aromatic heterocycles. The van der Waals surface area contributed by atoms with Gasteiger partial charge in [0.1, 0.15) is 17.5 Å². The molecular formula is C22H24ClN3O8. The lowest BCUT2D eigenvalue weighted by Crippen LogP contribution is -2.46. The number of carboxylic acid groups (broad SMARTS) is 3. The maximum absolute atomic E-state index is 10.3. The van der Waals surface area contributed by atoms with Crippen molar-refractivity contribution in [2.75, 3.05) is 13.2 Å². The molecule has 3 heterocycles. The number of halogens is 1. The number of hydrogen-bond donors (Lipinski definition) is 5. The summed E-state index contributed by atoms with van der Waals surface area (Å²) in [4.78, 5) is 38.6. The fraction of sp³-hybridized carbons (Fsp3) is 0.318. The highest BCUT2D eigenvalue weighted by molar-refractivity contribution is 6.31. The van der Waals surface area contributed by atoms with E-state index in [1.54, 1.807) is 18.6 Å². The number of aliphatic carboxylic acids is 3. The lowest BCUT2D eigenvalue weighted by Gasteiger charge is -2.27. The third-order valence-corrected chi connectivity index (χ3v) is 4.98. The van der Waals surface area contributed by atoms with Crippen LogP contribution in [0.2, 0.25) is 5.15 Å². The van der Waals surface area contributed by atoms with Gasteiger partial charge in [0.25, 0.3) is 0 Å². The minimum Gasteiger partial charge on any atom is -0.490 e. The second-order valence-corrected chi connectivity index (χ2v) is 7.75. The first-order chi connectivity index (χ1) is 16.1. The van der Waals surface area contributed by atoms with Crippen LogP contribution in [0.25, 0.3) is 12.2 Å². The zero-order valence-electron chi connectivity index (χ0n) is 17.9. The summed E-state index contributed by atoms with van der Waals surface area (Å²) in [7, 11) is 0. The molecular weight excluding hydrogens is 470 g/mol. The summed E-state index contributed by atoms with van der Waals surface area (Å²) in [5, 5.41) is 37.6. The van der Waals surface area contributed by atoms with Gasteiger partial charge in [-0.1, -0.05) is 23.8 Å². The number of carboxylic acids is 3. The van der Waals surface area contributed by atoms with Crippen molar-refractivity contribution in [3.8, 4) is 5.75 Å². The van der Waals surface area contributed by atoms with Crippen molar-refractivity contribution >= 4 is 41.7 Å². The maximum Gasteiger partial charge on any atom is 0.336 e. The van der Waals surface area contributed by atoms with Gasteiger partial charge in [-0.25, -0.2) is 9.78 Å². The predicted molar refractivity (Wildman–Crippen MR) is 121 cm³/mol. The Balaban J connectivity index is 0.000000273. The number of carbonyl (C=O) groups is 3. The molecule has 34 heavy (non-hydrogen) atoms. The second kappa shape index (κ2) is 12.6. The maximum atomic E-state index is 10.3. The standard InChI is InChI=1S/C16H16ClN3O.C6H8O7/c17-16-13(2-1-12-3-6-18-7-4-12)9-15(10-20-16)21-11-14-5-8-19-14;7-3(8)1-6(13,5(11)12)2-4(9)10/h1-4,6-7,9-10,14,19H,5,8,11H2;13H,1-2H2,(H,7,8)(H,9,10)(H,11,12)/b2-1+;/t14-;/m0./s1. The molecule has 5 N–H and O–H groups in total. The van der Waals surface area contributed by atoms with Crippen LogP contribution in [0.4, 0.5) is 0 Å². The van der Waals surface area contributed by atoms with Crippen LogP contribution in [0, 0.1) is 0 Å². The monoisotopic (exact) mass is 493 g/mol. The molecule has 11 nitrogen and oxygen atoms in total. The lowest BCUT2D eigenvalue weighted by molar-refractivity contribution is -0.170. The molecule has 1 saturated heterocycles. The Labute approximate surface area is 199 Å². The molecule has 0 bridgehead atoms. The highest BCUT2D eigenvalue weighted by atomic mass is 35.5. The molecule has 3 rings (SSSR count). The van der Waals surface area contributed by atoms with Gasteiger partial charge in [-0.2, -0.15) is 0 Å². The number of pyridine rings is 2. The van der Waals surface area contributed by atoms with Crippen LogP contribution in [-0.4, -0.2) is 73.1 Å². The van der Waals surface area contributed by atoms with E-state index in [0.29, 0.717) is 17.8 Å². The van der Waals surface area contributed by atoms with Gasteiger partial charge in [-0.3, -0.25) is 14.6 Å². The molecule has 0 amide bonds. The van der Waals surface area contributed by atoms with E-state index in [9.17, 15) is 14.4 Å². The minimum atomic E-state index is -2.74. The summed E-state index contributed by atoms with van der Waals surface area (Å²) in [6.45, 7) is 1.74. The molecule has 1 aliphatic heterocycles. The Morgan fingerprint density at radius 1 is 1.15 bits per heavy atom. The van der Waals surface area contributed by atoms with E-state index < -0.39 is 36.4 Å². The number of aromatic nitrogens is 2. The number of nitrogens with one attached hydrogen (secondary N) is 1. The fourth-order valence-electron chi connectivity index (χ4n) is 2.70. The molecule has 1 fully saturated rings. The first-order valence-electron chi connectivity index (χ1n) is 10.1. The van der Waals surface area contributed by atoms with Crippen LogP contribution >= 0.6 is 11.6 Å². The summed E-state index contributed by atoms with van der Waals surface area (Å²) in [6, 6.07) is 6.23. The zero-order valence-corrected chi connectivity index (χ0v) is 18.7. The molecule has 1 aliphatic rings. The highest BCUT2D eigenvalue weighted by Gasteiger charge is 2.40. The van der Waals surface area contributed by atoms with E-state index in [1.165, 1.54) is 0 Å². The van der Waals surface area contributed by atoms with Gasteiger partial charge in [0.2, 0.25) is 0 Å². The second-order valence-electron chi connectivity index (χ2n) is 7.39. The van der Waals surface area contributed by atoms with Crippen LogP contribution in [-0.2, 0) is 14.4 Å². The Morgan fingerprint density at radius 2 is 1.76 bits per heavy atom. The van der Waals surface area contributed by atoms with Crippen LogP contribution in [0.5, 0.6) is 5.75 Å². The van der Waals surface area contributed by atoms with Crippen LogP contribution in [0.15, 0.2) is 36.8 Å². The smallest absolute Gasteiger partial charge is 0.336 e. The summed E-state index contributed by atoms with van der Waals surface area (Å²) in [6.07, 6.45) is 7.94. The summed E-state index contributed by atoms with van der Waals surface area (Å²) >= 11 is 6.12. The average molecular weight is 494 g/mol. The number of aliphatic hydroxyl groups is 1. The molecule has 0 unspecified atom stereocenters. The Hall–Kier alpha value is -3.54. The molecule has 12 heteroatoms. The van der Waals surface area contributed by atoms with Crippen molar-refractivity contribution in [2.24, 2.45) is 0 Å². The van der Waals surface area contributed by atoms with Gasteiger partial charge < -0.3 is 30.5 Å². The normalized spacial score (nSPS) is 15.1. The molecule has 0 aliphatic carbocycles. The highest BCUT2D eigenvalue weighted by Crippen LogP contribution is 2.22. The largest absolute Gasteiger partial charge is 0.490 e. The molecule has 1 atom stereocenters. The van der Waals surface area contributed by atoms with E-state index in [2.05, 4.69) is 15.3 Å². The van der Waals surface area contributed by atoms with E-state index >= 15 is 0 Å². The number of ether oxygens (including phenoxy) is 1. The summed E-state index contributed by atoms with van der Waals surface area (Å²) < 4.78 is 5.73. The van der Waals surface area contributed by atoms with E-state index in [1.807, 2.05) is 30.4 Å². The first-order valence-corrected chi connectivity index (χ1v) is 10.5. The van der Waals surface area contributed by atoms with Crippen molar-refractivity contribution < 1.29 is 39.5 Å².